The van der Waals surface area contributed by atoms with Gasteiger partial charge in [-0.15, -0.1) is 0 Å². The summed E-state index contributed by atoms with van der Waals surface area (Å²) >= 11 is 6.97. The van der Waals surface area contributed by atoms with Crippen molar-refractivity contribution in [2.45, 2.75) is 13.8 Å². The van der Waals surface area contributed by atoms with Crippen molar-refractivity contribution < 1.29 is 4.74 Å². The molecule has 3 nitrogen and oxygen atoms in total. The molecule has 0 radical (unpaired) electrons. The predicted molar refractivity (Wildman–Crippen MR) is 77.6 cm³/mol. The van der Waals surface area contributed by atoms with Crippen molar-refractivity contribution >= 4 is 48.5 Å². The van der Waals surface area contributed by atoms with Gasteiger partial charge in [0, 0.05) is 15.9 Å². The van der Waals surface area contributed by atoms with Gasteiger partial charge in [0.15, 0.2) is 0 Å². The first kappa shape index (κ1) is 12.6. The Morgan fingerprint density at radius 3 is 2.47 bits per heavy atom. The minimum Gasteiger partial charge on any atom is -0.495 e. The number of hydrogen-bond donors (Lipinski definition) is 1. The molecule has 0 saturated carbocycles. The van der Waals surface area contributed by atoms with Gasteiger partial charge in [0.2, 0.25) is 0 Å². The van der Waals surface area contributed by atoms with Crippen molar-refractivity contribution in [3.8, 4) is 5.75 Å². The second kappa shape index (κ2) is 4.46. The molecule has 0 saturated heterocycles. The SMILES string of the molecule is COc1c(Br)cc(Br)c2nc(C)c(C)c(N)c12. The largest absolute Gasteiger partial charge is 0.495 e. The van der Waals surface area contributed by atoms with E-state index in [0.29, 0.717) is 5.69 Å². The highest BCUT2D eigenvalue weighted by Crippen LogP contribution is 2.41. The van der Waals surface area contributed by atoms with E-state index in [2.05, 4.69) is 36.8 Å². The maximum absolute atomic E-state index is 6.17. The average molecular weight is 360 g/mol. The van der Waals surface area contributed by atoms with Gasteiger partial charge in [-0.05, 0) is 57.3 Å². The number of aryl methyl sites for hydroxylation is 1. The number of halogens is 2. The average Bonchev–Trinajstić information content (AvgIpc) is 2.28. The molecule has 1 aromatic heterocycles. The lowest BCUT2D eigenvalue weighted by Gasteiger charge is -2.14. The van der Waals surface area contributed by atoms with Crippen LogP contribution in [0.25, 0.3) is 10.9 Å². The van der Waals surface area contributed by atoms with Crippen molar-refractivity contribution in [1.82, 2.24) is 4.98 Å². The third-order valence-corrected chi connectivity index (χ3v) is 4.05. The van der Waals surface area contributed by atoms with Crippen LogP contribution in [0.15, 0.2) is 15.0 Å². The summed E-state index contributed by atoms with van der Waals surface area (Å²) < 4.78 is 7.16. The zero-order valence-electron chi connectivity index (χ0n) is 9.77. The number of rotatable bonds is 1. The Kier molecular flexibility index (Phi) is 3.32. The van der Waals surface area contributed by atoms with E-state index < -0.39 is 0 Å². The molecule has 5 heteroatoms. The number of nitrogens with zero attached hydrogens (tertiary/aromatic N) is 1. The highest BCUT2D eigenvalue weighted by atomic mass is 79.9. The predicted octanol–water partition coefficient (Wildman–Crippen LogP) is 3.97. The molecule has 0 aliphatic carbocycles. The van der Waals surface area contributed by atoms with Crippen LogP contribution in [0.5, 0.6) is 5.75 Å². The fraction of sp³-hybridized carbons (Fsp3) is 0.250. The highest BCUT2D eigenvalue weighted by Gasteiger charge is 2.16. The van der Waals surface area contributed by atoms with Crippen molar-refractivity contribution in [2.75, 3.05) is 12.8 Å². The summed E-state index contributed by atoms with van der Waals surface area (Å²) in [6.45, 7) is 3.91. The van der Waals surface area contributed by atoms with Gasteiger partial charge in [-0.3, -0.25) is 4.98 Å². The number of fused-ring (bicyclic) bond motifs is 1. The molecule has 90 valence electrons. The monoisotopic (exact) mass is 358 g/mol. The number of nitrogen functional groups attached to an aromatic ring is 1. The molecule has 2 N–H and O–H groups in total. The molecule has 0 unspecified atom stereocenters. The second-order valence-electron chi connectivity index (χ2n) is 3.83. The summed E-state index contributed by atoms with van der Waals surface area (Å²) in [5.41, 5.74) is 9.63. The van der Waals surface area contributed by atoms with E-state index >= 15 is 0 Å². The molecule has 0 bridgehead atoms. The van der Waals surface area contributed by atoms with Gasteiger partial charge in [-0.1, -0.05) is 0 Å². The summed E-state index contributed by atoms with van der Waals surface area (Å²) in [5.74, 6) is 0.719. The van der Waals surface area contributed by atoms with Gasteiger partial charge in [-0.25, -0.2) is 0 Å². The van der Waals surface area contributed by atoms with Crippen molar-refractivity contribution in [2.24, 2.45) is 0 Å². The van der Waals surface area contributed by atoms with Gasteiger partial charge >= 0.3 is 0 Å². The van der Waals surface area contributed by atoms with E-state index in [-0.39, 0.29) is 0 Å². The van der Waals surface area contributed by atoms with Crippen LogP contribution < -0.4 is 10.5 Å². The Morgan fingerprint density at radius 1 is 1.24 bits per heavy atom. The Hall–Kier alpha value is -0.810. The number of aromatic nitrogens is 1. The molecular formula is C12H12Br2N2O. The van der Waals surface area contributed by atoms with E-state index in [1.54, 1.807) is 7.11 Å². The lowest BCUT2D eigenvalue weighted by atomic mass is 10.1. The van der Waals surface area contributed by atoms with Crippen LogP contribution in [-0.2, 0) is 0 Å². The number of hydrogen-bond acceptors (Lipinski definition) is 3. The molecule has 1 aromatic carbocycles. The minimum atomic E-state index is 0.714. The molecule has 0 aliphatic rings. The first-order chi connectivity index (χ1) is 7.97. The lowest BCUT2D eigenvalue weighted by molar-refractivity contribution is 0.417. The normalized spacial score (nSPS) is 10.9. The van der Waals surface area contributed by atoms with Crippen molar-refractivity contribution in [3.05, 3.63) is 26.3 Å². The van der Waals surface area contributed by atoms with Gasteiger partial charge in [-0.2, -0.15) is 0 Å². The third kappa shape index (κ3) is 1.91. The third-order valence-electron chi connectivity index (χ3n) is 2.86. The van der Waals surface area contributed by atoms with Gasteiger partial charge in [0.05, 0.1) is 22.5 Å². The van der Waals surface area contributed by atoms with E-state index in [1.165, 1.54) is 0 Å². The molecule has 0 amide bonds. The zero-order chi connectivity index (χ0) is 12.7. The van der Waals surface area contributed by atoms with Gasteiger partial charge in [0.25, 0.3) is 0 Å². The second-order valence-corrected chi connectivity index (χ2v) is 5.54. The Morgan fingerprint density at radius 2 is 1.88 bits per heavy atom. The van der Waals surface area contributed by atoms with Gasteiger partial charge in [0.1, 0.15) is 5.75 Å². The summed E-state index contributed by atoms with van der Waals surface area (Å²) in [5, 5.41) is 0.844. The van der Waals surface area contributed by atoms with Crippen LogP contribution in [0.2, 0.25) is 0 Å². The Bertz CT molecular complexity index is 611. The van der Waals surface area contributed by atoms with Crippen molar-refractivity contribution in [3.63, 3.8) is 0 Å². The maximum Gasteiger partial charge on any atom is 0.144 e. The Balaban J connectivity index is 3.05. The van der Waals surface area contributed by atoms with E-state index in [9.17, 15) is 0 Å². The number of nitrogens with two attached hydrogens (primary N) is 1. The molecular weight excluding hydrogens is 348 g/mol. The van der Waals surface area contributed by atoms with E-state index in [1.807, 2.05) is 19.9 Å². The molecule has 0 atom stereocenters. The van der Waals surface area contributed by atoms with Crippen LogP contribution in [0.3, 0.4) is 0 Å². The number of anilines is 1. The van der Waals surface area contributed by atoms with Crippen LogP contribution in [0.4, 0.5) is 5.69 Å². The lowest BCUT2D eigenvalue weighted by Crippen LogP contribution is -2.00. The number of pyridine rings is 1. The van der Waals surface area contributed by atoms with Crippen LogP contribution in [0.1, 0.15) is 11.3 Å². The van der Waals surface area contributed by atoms with Crippen LogP contribution in [0, 0.1) is 13.8 Å². The maximum atomic E-state index is 6.17. The topological polar surface area (TPSA) is 48.1 Å². The number of ether oxygens (including phenoxy) is 1. The molecule has 0 fully saturated rings. The molecule has 17 heavy (non-hydrogen) atoms. The van der Waals surface area contributed by atoms with E-state index in [4.69, 9.17) is 10.5 Å². The minimum absolute atomic E-state index is 0.714. The number of benzene rings is 1. The smallest absolute Gasteiger partial charge is 0.144 e. The first-order valence-corrected chi connectivity index (χ1v) is 6.64. The van der Waals surface area contributed by atoms with Crippen molar-refractivity contribution in [1.29, 1.82) is 0 Å². The fourth-order valence-electron chi connectivity index (χ4n) is 1.78. The summed E-state index contributed by atoms with van der Waals surface area (Å²) in [6, 6.07) is 1.92. The standard InChI is InChI=1S/C12H12Br2N2O/c1-5-6(2)16-11-7(13)4-8(14)12(17-3)9(11)10(5)15/h4H,1-3H3,(H2,15,16). The van der Waals surface area contributed by atoms with Gasteiger partial charge < -0.3 is 10.5 Å². The molecule has 0 aliphatic heterocycles. The fourth-order valence-corrected chi connectivity index (χ4v) is 3.20. The molecule has 2 rings (SSSR count). The first-order valence-electron chi connectivity index (χ1n) is 5.05. The Labute approximate surface area is 117 Å². The molecule has 0 spiro atoms. The highest BCUT2D eigenvalue weighted by molar-refractivity contribution is 9.11. The molecule has 2 aromatic rings. The molecule has 1 heterocycles. The van der Waals surface area contributed by atoms with Crippen LogP contribution >= 0.6 is 31.9 Å². The number of methoxy groups -OCH3 is 1. The quantitative estimate of drug-likeness (QED) is 0.838. The summed E-state index contributed by atoms with van der Waals surface area (Å²) in [6.07, 6.45) is 0. The summed E-state index contributed by atoms with van der Waals surface area (Å²) in [4.78, 5) is 4.56. The summed E-state index contributed by atoms with van der Waals surface area (Å²) in [7, 11) is 1.63. The van der Waals surface area contributed by atoms with Crippen LogP contribution in [-0.4, -0.2) is 12.1 Å². The zero-order valence-corrected chi connectivity index (χ0v) is 12.9. The van der Waals surface area contributed by atoms with E-state index in [0.717, 1.165) is 36.9 Å².